The molecule has 1 aliphatic heterocycles. The quantitative estimate of drug-likeness (QED) is 0.510. The third kappa shape index (κ3) is 6.12. The van der Waals surface area contributed by atoms with Crippen LogP contribution in [0.15, 0.2) is 48.8 Å². The van der Waals surface area contributed by atoms with E-state index in [1.165, 1.54) is 0 Å². The van der Waals surface area contributed by atoms with Crippen LogP contribution in [0, 0.1) is 5.92 Å². The van der Waals surface area contributed by atoms with Crippen LogP contribution in [0.25, 0.3) is 16.7 Å². The number of likely N-dealkylation sites (tertiary alicyclic amines) is 1. The molecule has 4 rings (SSSR count). The van der Waals surface area contributed by atoms with Gasteiger partial charge in [-0.2, -0.15) is 0 Å². The molecule has 188 valence electrons. The molecule has 1 saturated heterocycles. The lowest BCUT2D eigenvalue weighted by atomic mass is 10.1. The molecule has 3 heterocycles. The zero-order chi connectivity index (χ0) is 25.2. The van der Waals surface area contributed by atoms with Crippen molar-refractivity contribution in [1.29, 1.82) is 0 Å². The number of benzene rings is 1. The van der Waals surface area contributed by atoms with Crippen molar-refractivity contribution in [3.63, 3.8) is 0 Å². The summed E-state index contributed by atoms with van der Waals surface area (Å²) in [5.74, 6) is 1.42. The lowest BCUT2D eigenvalue weighted by Gasteiger charge is -2.33. The molecule has 0 radical (unpaired) electrons. The number of aromatic nitrogens is 2. The largest absolute Gasteiger partial charge is 0.489 e. The Morgan fingerprint density at radius 3 is 2.49 bits per heavy atom. The molecule has 3 aromatic rings. The molecular weight excluding hydrogens is 444 g/mol. The fourth-order valence-corrected chi connectivity index (χ4v) is 3.97. The van der Waals surface area contributed by atoms with Gasteiger partial charge in [-0.15, -0.1) is 0 Å². The SMILES string of the molecule is CC(C)C(=O)Nc1ccc2c(ccn2-c2ccc(OC3CCN(C(=O)OC(C)(C)C)CC3)cn2)c1.[HH]. The standard InChI is InChI=1S/C27H34N4O4.H2/c1-18(2)25(32)29-20-6-8-23-19(16-20)10-15-31(23)24-9-7-22(17-28-24)34-21-11-13-30(14-12-21)26(33)35-27(3,4)5;/h6-10,15-18,21H,11-14H2,1-5H3,(H,29,32);1H. The highest BCUT2D eigenvalue weighted by Gasteiger charge is 2.27. The summed E-state index contributed by atoms with van der Waals surface area (Å²) in [5.41, 5.74) is 1.29. The van der Waals surface area contributed by atoms with Gasteiger partial charge in [-0.25, -0.2) is 9.78 Å². The number of rotatable bonds is 5. The molecule has 0 saturated carbocycles. The summed E-state index contributed by atoms with van der Waals surface area (Å²) in [5, 5.41) is 3.96. The summed E-state index contributed by atoms with van der Waals surface area (Å²) in [7, 11) is 0. The van der Waals surface area contributed by atoms with Crippen molar-refractivity contribution in [2.24, 2.45) is 5.92 Å². The Hall–Kier alpha value is -3.55. The first-order chi connectivity index (χ1) is 16.6. The Labute approximate surface area is 207 Å². The summed E-state index contributed by atoms with van der Waals surface area (Å²) in [6.07, 6.45) is 4.97. The highest BCUT2D eigenvalue weighted by Crippen LogP contribution is 2.25. The average molecular weight is 481 g/mol. The molecule has 2 amide bonds. The number of anilines is 1. The smallest absolute Gasteiger partial charge is 0.410 e. The number of carbonyl (C=O) groups is 2. The second-order valence-electron chi connectivity index (χ2n) is 10.2. The maximum atomic E-state index is 12.2. The van der Waals surface area contributed by atoms with Crippen LogP contribution in [-0.4, -0.2) is 51.2 Å². The van der Waals surface area contributed by atoms with Gasteiger partial charge in [0.25, 0.3) is 0 Å². The van der Waals surface area contributed by atoms with Gasteiger partial charge in [0.15, 0.2) is 0 Å². The van der Waals surface area contributed by atoms with E-state index in [9.17, 15) is 9.59 Å². The minimum Gasteiger partial charge on any atom is -0.489 e. The molecule has 8 nitrogen and oxygen atoms in total. The molecule has 1 aromatic carbocycles. The Bertz CT molecular complexity index is 1190. The molecule has 0 aliphatic carbocycles. The predicted molar refractivity (Wildman–Crippen MR) is 138 cm³/mol. The number of ether oxygens (including phenoxy) is 2. The number of nitrogens with one attached hydrogen (secondary N) is 1. The van der Waals surface area contributed by atoms with Gasteiger partial charge in [0, 0.05) is 50.5 Å². The summed E-state index contributed by atoms with van der Waals surface area (Å²) in [6, 6.07) is 11.7. The van der Waals surface area contributed by atoms with E-state index >= 15 is 0 Å². The molecule has 0 unspecified atom stereocenters. The third-order valence-electron chi connectivity index (χ3n) is 5.85. The van der Waals surface area contributed by atoms with Gasteiger partial charge in [-0.05, 0) is 57.2 Å². The highest BCUT2D eigenvalue weighted by molar-refractivity contribution is 5.95. The summed E-state index contributed by atoms with van der Waals surface area (Å²) in [4.78, 5) is 30.6. The first kappa shape index (κ1) is 24.6. The number of pyridine rings is 1. The second kappa shape index (κ2) is 9.98. The minimum atomic E-state index is -0.491. The number of fused-ring (bicyclic) bond motifs is 1. The predicted octanol–water partition coefficient (Wildman–Crippen LogP) is 5.64. The van der Waals surface area contributed by atoms with Crippen molar-refractivity contribution >= 4 is 28.6 Å². The van der Waals surface area contributed by atoms with Crippen LogP contribution in [0.3, 0.4) is 0 Å². The fraction of sp³-hybridized carbons (Fsp3) is 0.444. The van der Waals surface area contributed by atoms with E-state index < -0.39 is 5.60 Å². The molecule has 1 aliphatic rings. The van der Waals surface area contributed by atoms with Crippen molar-refractivity contribution < 1.29 is 20.5 Å². The van der Waals surface area contributed by atoms with Crippen LogP contribution < -0.4 is 10.1 Å². The maximum absolute atomic E-state index is 12.2. The van der Waals surface area contributed by atoms with Gasteiger partial charge in [0.05, 0.1) is 11.7 Å². The van der Waals surface area contributed by atoms with Gasteiger partial charge in [-0.3, -0.25) is 4.79 Å². The third-order valence-corrected chi connectivity index (χ3v) is 5.85. The van der Waals surface area contributed by atoms with Gasteiger partial charge in [-0.1, -0.05) is 13.8 Å². The number of piperidine rings is 1. The zero-order valence-electron chi connectivity index (χ0n) is 21.1. The van der Waals surface area contributed by atoms with E-state index in [4.69, 9.17) is 9.47 Å². The highest BCUT2D eigenvalue weighted by atomic mass is 16.6. The maximum Gasteiger partial charge on any atom is 0.410 e. The molecule has 1 N–H and O–H groups in total. The molecule has 0 bridgehead atoms. The van der Waals surface area contributed by atoms with Gasteiger partial charge in [0.1, 0.15) is 23.3 Å². The van der Waals surface area contributed by atoms with Crippen LogP contribution in [0.5, 0.6) is 5.75 Å². The Morgan fingerprint density at radius 2 is 1.86 bits per heavy atom. The fourth-order valence-electron chi connectivity index (χ4n) is 3.97. The van der Waals surface area contributed by atoms with Gasteiger partial charge in [0.2, 0.25) is 5.91 Å². The normalized spacial score (nSPS) is 14.9. The first-order valence-corrected chi connectivity index (χ1v) is 12.1. The van der Waals surface area contributed by atoms with Crippen molar-refractivity contribution in [3.8, 4) is 11.6 Å². The van der Waals surface area contributed by atoms with Crippen molar-refractivity contribution in [2.45, 2.75) is 59.2 Å². The summed E-state index contributed by atoms with van der Waals surface area (Å²) in [6.45, 7) is 10.6. The Morgan fingerprint density at radius 1 is 1.11 bits per heavy atom. The van der Waals surface area contributed by atoms with Crippen molar-refractivity contribution in [3.05, 3.63) is 48.8 Å². The molecular formula is C27H36N4O4. The lowest BCUT2D eigenvalue weighted by Crippen LogP contribution is -2.44. The number of carbonyl (C=O) groups excluding carboxylic acids is 2. The van der Waals surface area contributed by atoms with Crippen LogP contribution in [0.4, 0.5) is 10.5 Å². The van der Waals surface area contributed by atoms with Crippen molar-refractivity contribution in [1.82, 2.24) is 14.5 Å². The van der Waals surface area contributed by atoms with E-state index in [0.717, 1.165) is 35.2 Å². The van der Waals surface area contributed by atoms with Crippen LogP contribution >= 0.6 is 0 Å². The minimum absolute atomic E-state index is 0. The first-order valence-electron chi connectivity index (χ1n) is 12.1. The molecule has 1 fully saturated rings. The second-order valence-corrected chi connectivity index (χ2v) is 10.2. The number of hydrogen-bond acceptors (Lipinski definition) is 5. The number of nitrogens with zero attached hydrogens (tertiary/aromatic N) is 3. The molecule has 0 atom stereocenters. The average Bonchev–Trinajstić information content (AvgIpc) is 3.22. The lowest BCUT2D eigenvalue weighted by molar-refractivity contribution is -0.118. The topological polar surface area (TPSA) is 85.7 Å². The van der Waals surface area contributed by atoms with E-state index in [2.05, 4.69) is 10.3 Å². The number of amides is 2. The monoisotopic (exact) mass is 480 g/mol. The van der Waals surface area contributed by atoms with Gasteiger partial charge >= 0.3 is 6.09 Å². The van der Waals surface area contributed by atoms with E-state index in [1.807, 2.05) is 81.8 Å². The van der Waals surface area contributed by atoms with Crippen molar-refractivity contribution in [2.75, 3.05) is 18.4 Å². The van der Waals surface area contributed by atoms with Crippen LogP contribution in [-0.2, 0) is 9.53 Å². The van der Waals surface area contributed by atoms with Crippen LogP contribution in [0.2, 0.25) is 0 Å². The molecule has 8 heteroatoms. The Balaban J connectivity index is 0.00000361. The number of hydrogen-bond donors (Lipinski definition) is 1. The molecule has 35 heavy (non-hydrogen) atoms. The van der Waals surface area contributed by atoms with Gasteiger partial charge < -0.3 is 24.3 Å². The van der Waals surface area contributed by atoms with Crippen LogP contribution in [0.1, 0.15) is 48.9 Å². The van der Waals surface area contributed by atoms with E-state index in [1.54, 1.807) is 11.1 Å². The molecule has 0 spiro atoms. The van der Waals surface area contributed by atoms with E-state index in [0.29, 0.717) is 18.8 Å². The Kier molecular flexibility index (Phi) is 7.00. The summed E-state index contributed by atoms with van der Waals surface area (Å²) < 4.78 is 13.6. The molecule has 2 aromatic heterocycles. The summed E-state index contributed by atoms with van der Waals surface area (Å²) >= 11 is 0. The zero-order valence-corrected chi connectivity index (χ0v) is 21.1. The van der Waals surface area contributed by atoms with E-state index in [-0.39, 0.29) is 25.4 Å².